The van der Waals surface area contributed by atoms with Gasteiger partial charge in [0.05, 0.1) is 34.1 Å². The van der Waals surface area contributed by atoms with Crippen LogP contribution < -0.4 is 5.73 Å². The molecule has 1 fully saturated rings. The number of aliphatic imine (C=N–C) groups is 2. The second-order valence-corrected chi connectivity index (χ2v) is 10.8. The van der Waals surface area contributed by atoms with Gasteiger partial charge in [-0.3, -0.25) is 9.20 Å². The number of aromatic nitrogens is 3. The van der Waals surface area contributed by atoms with E-state index in [2.05, 4.69) is 28.2 Å². The van der Waals surface area contributed by atoms with Crippen LogP contribution in [0.5, 0.6) is 0 Å². The van der Waals surface area contributed by atoms with Crippen LogP contribution in [0.1, 0.15) is 57.0 Å². The molecule has 0 spiro atoms. The Hall–Kier alpha value is -2.65. The molecule has 1 aliphatic carbocycles. The predicted molar refractivity (Wildman–Crippen MR) is 136 cm³/mol. The molecule has 1 atom stereocenters. The van der Waals surface area contributed by atoms with Gasteiger partial charge >= 0.3 is 0 Å². The first kappa shape index (κ1) is 22.5. The minimum atomic E-state index is -1.14. The molecule has 3 heterocycles. The Bertz CT molecular complexity index is 1250. The molecule has 168 valence electrons. The fourth-order valence-corrected chi connectivity index (χ4v) is 6.49. The molecule has 7 nitrogen and oxygen atoms in total. The van der Waals surface area contributed by atoms with Crippen molar-refractivity contribution in [3.05, 3.63) is 30.0 Å². The van der Waals surface area contributed by atoms with Gasteiger partial charge in [-0.2, -0.15) is 0 Å². The number of nitrogens with two attached hydrogens (primary N) is 1. The van der Waals surface area contributed by atoms with Crippen LogP contribution in [0.25, 0.3) is 27.0 Å². The summed E-state index contributed by atoms with van der Waals surface area (Å²) in [7, 11) is 0.910. The number of unbranched alkanes of at least 4 members (excludes halogenated alkanes) is 1. The number of thiophene rings is 1. The van der Waals surface area contributed by atoms with Gasteiger partial charge in [-0.15, -0.1) is 11.3 Å². The largest absolute Gasteiger partial charge is 0.396 e. The second kappa shape index (κ2) is 9.46. The molecule has 1 saturated carbocycles. The zero-order valence-corrected chi connectivity index (χ0v) is 20.3. The third-order valence-electron chi connectivity index (χ3n) is 5.62. The van der Waals surface area contributed by atoms with Crippen molar-refractivity contribution >= 4 is 56.7 Å². The Balaban J connectivity index is 1.91. The SMILES string of the molecule is C=NC=N/C=C(\C)c1cc(-c2cnc(C3CC3)n2C)c2c(N)c(S(=O)CCCC)sc2n1. The fraction of sp³-hybridized carbons (Fsp3) is 0.391. The van der Waals surface area contributed by atoms with Crippen LogP contribution in [-0.4, -0.2) is 37.6 Å². The van der Waals surface area contributed by atoms with E-state index in [4.69, 9.17) is 15.7 Å². The molecular weight excluding hydrogens is 440 g/mol. The molecule has 4 rings (SSSR count). The van der Waals surface area contributed by atoms with Crippen LogP contribution in [0, 0.1) is 0 Å². The normalized spacial score (nSPS) is 15.7. The Morgan fingerprint density at radius 1 is 1.47 bits per heavy atom. The maximum absolute atomic E-state index is 13.0. The summed E-state index contributed by atoms with van der Waals surface area (Å²) in [5.74, 6) is 2.24. The van der Waals surface area contributed by atoms with Crippen LogP contribution >= 0.6 is 11.3 Å². The van der Waals surface area contributed by atoms with Gasteiger partial charge in [-0.1, -0.05) is 13.3 Å². The summed E-state index contributed by atoms with van der Waals surface area (Å²) in [6.07, 6.45) is 9.27. The number of pyridine rings is 1. The molecule has 3 aromatic rings. The number of allylic oxidation sites excluding steroid dienone is 1. The Morgan fingerprint density at radius 3 is 2.94 bits per heavy atom. The molecule has 32 heavy (non-hydrogen) atoms. The quantitative estimate of drug-likeness (QED) is 0.347. The van der Waals surface area contributed by atoms with Crippen molar-refractivity contribution in [2.24, 2.45) is 17.0 Å². The molecule has 1 unspecified atom stereocenters. The highest BCUT2D eigenvalue weighted by atomic mass is 32.2. The van der Waals surface area contributed by atoms with Crippen molar-refractivity contribution < 1.29 is 4.21 Å². The van der Waals surface area contributed by atoms with E-state index in [0.29, 0.717) is 21.6 Å². The van der Waals surface area contributed by atoms with Crippen LogP contribution in [-0.2, 0) is 17.8 Å². The smallest absolute Gasteiger partial charge is 0.127 e. The number of imidazole rings is 1. The number of hydrogen-bond donors (Lipinski definition) is 1. The first-order valence-electron chi connectivity index (χ1n) is 10.7. The molecule has 3 aromatic heterocycles. The average molecular weight is 469 g/mol. The summed E-state index contributed by atoms with van der Waals surface area (Å²) in [4.78, 5) is 18.1. The van der Waals surface area contributed by atoms with Crippen molar-refractivity contribution in [1.29, 1.82) is 0 Å². The van der Waals surface area contributed by atoms with Gasteiger partial charge in [0.1, 0.15) is 21.2 Å². The van der Waals surface area contributed by atoms with Gasteiger partial charge < -0.3 is 10.3 Å². The van der Waals surface area contributed by atoms with E-state index in [1.807, 2.05) is 26.2 Å². The lowest BCUT2D eigenvalue weighted by Crippen LogP contribution is -2.01. The lowest BCUT2D eigenvalue weighted by molar-refractivity contribution is 0.681. The van der Waals surface area contributed by atoms with E-state index in [1.165, 1.54) is 30.5 Å². The average Bonchev–Trinajstić information content (AvgIpc) is 3.47. The van der Waals surface area contributed by atoms with Gasteiger partial charge in [0.25, 0.3) is 0 Å². The number of nitrogen functional groups attached to an aromatic ring is 1. The van der Waals surface area contributed by atoms with Crippen LogP contribution in [0.2, 0.25) is 0 Å². The molecule has 2 N–H and O–H groups in total. The number of anilines is 1. The molecule has 0 bridgehead atoms. The van der Waals surface area contributed by atoms with Crippen LogP contribution in [0.15, 0.2) is 32.7 Å². The van der Waals surface area contributed by atoms with Crippen molar-refractivity contribution in [3.8, 4) is 11.3 Å². The van der Waals surface area contributed by atoms with E-state index in [1.54, 1.807) is 6.20 Å². The van der Waals surface area contributed by atoms with Crippen molar-refractivity contribution in [2.75, 3.05) is 11.5 Å². The summed E-state index contributed by atoms with van der Waals surface area (Å²) in [6.45, 7) is 7.46. The van der Waals surface area contributed by atoms with Gasteiger partial charge in [-0.25, -0.2) is 15.0 Å². The Kier molecular flexibility index (Phi) is 6.66. The monoisotopic (exact) mass is 468 g/mol. The van der Waals surface area contributed by atoms with Gasteiger partial charge in [0, 0.05) is 35.9 Å². The van der Waals surface area contributed by atoms with E-state index in [9.17, 15) is 4.21 Å². The minimum Gasteiger partial charge on any atom is -0.396 e. The van der Waals surface area contributed by atoms with E-state index >= 15 is 0 Å². The highest BCUT2D eigenvalue weighted by molar-refractivity contribution is 7.87. The van der Waals surface area contributed by atoms with Gasteiger partial charge in [-0.05, 0) is 44.5 Å². The molecule has 0 aromatic carbocycles. The van der Waals surface area contributed by atoms with Gasteiger partial charge in [0.2, 0.25) is 0 Å². The van der Waals surface area contributed by atoms with E-state index in [-0.39, 0.29) is 0 Å². The lowest BCUT2D eigenvalue weighted by atomic mass is 10.1. The zero-order chi connectivity index (χ0) is 22.8. The maximum Gasteiger partial charge on any atom is 0.127 e. The van der Waals surface area contributed by atoms with Crippen LogP contribution in [0.4, 0.5) is 5.69 Å². The number of hydrogen-bond acceptors (Lipinski definition) is 6. The summed E-state index contributed by atoms with van der Waals surface area (Å²) in [5, 5.41) is 0.855. The number of nitrogens with zero attached hydrogens (tertiary/aromatic N) is 5. The predicted octanol–water partition coefficient (Wildman–Crippen LogP) is 5.15. The summed E-state index contributed by atoms with van der Waals surface area (Å²) < 4.78 is 15.8. The number of fused-ring (bicyclic) bond motifs is 1. The number of rotatable bonds is 9. The Morgan fingerprint density at radius 2 is 2.25 bits per heavy atom. The molecule has 0 radical (unpaired) electrons. The maximum atomic E-state index is 13.0. The summed E-state index contributed by atoms with van der Waals surface area (Å²) in [6, 6.07) is 2.03. The van der Waals surface area contributed by atoms with E-state index < -0.39 is 10.8 Å². The lowest BCUT2D eigenvalue weighted by Gasteiger charge is -2.10. The van der Waals surface area contributed by atoms with Crippen molar-refractivity contribution in [1.82, 2.24) is 14.5 Å². The first-order valence-corrected chi connectivity index (χ1v) is 12.9. The molecule has 9 heteroatoms. The molecule has 0 saturated heterocycles. The molecule has 1 aliphatic rings. The van der Waals surface area contributed by atoms with E-state index in [0.717, 1.165) is 51.4 Å². The van der Waals surface area contributed by atoms with Crippen molar-refractivity contribution in [3.63, 3.8) is 0 Å². The zero-order valence-electron chi connectivity index (χ0n) is 18.7. The molecular formula is C23H28N6OS2. The topological polar surface area (TPSA) is 98.5 Å². The highest BCUT2D eigenvalue weighted by Gasteiger charge is 2.29. The van der Waals surface area contributed by atoms with Crippen molar-refractivity contribution in [2.45, 2.75) is 49.7 Å². The third-order valence-corrected chi connectivity index (χ3v) is 8.61. The molecule has 0 aliphatic heterocycles. The molecule has 0 amide bonds. The Labute approximate surface area is 194 Å². The standard InChI is InChI=1S/C23H28N6OS2/c1-5-6-9-32(30)23-20(24)19-16(18-12-27-21(29(18)4)15-7-8-15)10-17(28-22(19)31-23)14(2)11-26-13-25-3/h10-13,15H,3,5-9,24H2,1-2,4H3/b14-11+,26-13?. The minimum absolute atomic E-state index is 0.532. The summed E-state index contributed by atoms with van der Waals surface area (Å²) in [5.41, 5.74) is 10.8. The first-order chi connectivity index (χ1) is 15.5. The third kappa shape index (κ3) is 4.31. The van der Waals surface area contributed by atoms with Crippen LogP contribution in [0.3, 0.4) is 0 Å². The summed E-state index contributed by atoms with van der Waals surface area (Å²) >= 11 is 1.42. The fourth-order valence-electron chi connectivity index (χ4n) is 3.70. The highest BCUT2D eigenvalue weighted by Crippen LogP contribution is 2.44. The second-order valence-electron chi connectivity index (χ2n) is 8.04. The van der Waals surface area contributed by atoms with Gasteiger partial charge in [0.15, 0.2) is 0 Å².